The number of nitrogens with one attached hydrogen (secondary N) is 1. The standard InChI is InChI=1S/C19H24N2O5S/c1-5-18(14-9-11-16(25-3)12-10-14)20-19(22)15-7-6-8-17(13-15)27(23,24)21(2)26-4/h6-13,18H,5H2,1-4H3,(H,20,22). The van der Waals surface area contributed by atoms with Crippen LogP contribution in [0.2, 0.25) is 0 Å². The van der Waals surface area contributed by atoms with E-state index in [2.05, 4.69) is 5.32 Å². The Labute approximate surface area is 159 Å². The molecule has 0 bridgehead atoms. The van der Waals surface area contributed by atoms with E-state index in [1.54, 1.807) is 13.2 Å². The molecule has 2 rings (SSSR count). The fraction of sp³-hybridized carbons (Fsp3) is 0.316. The van der Waals surface area contributed by atoms with Crippen LogP contribution in [0.15, 0.2) is 53.4 Å². The minimum atomic E-state index is -3.82. The van der Waals surface area contributed by atoms with Gasteiger partial charge in [-0.05, 0) is 42.3 Å². The summed E-state index contributed by atoms with van der Waals surface area (Å²) in [5, 5.41) is 2.94. The second kappa shape index (κ2) is 8.98. The van der Waals surface area contributed by atoms with Crippen molar-refractivity contribution < 1.29 is 22.8 Å². The van der Waals surface area contributed by atoms with E-state index >= 15 is 0 Å². The van der Waals surface area contributed by atoms with Gasteiger partial charge in [0.15, 0.2) is 0 Å². The van der Waals surface area contributed by atoms with Gasteiger partial charge in [-0.25, -0.2) is 8.42 Å². The largest absolute Gasteiger partial charge is 0.497 e. The maximum absolute atomic E-state index is 12.7. The first-order chi connectivity index (χ1) is 12.8. The summed E-state index contributed by atoms with van der Waals surface area (Å²) in [5.41, 5.74) is 1.20. The molecule has 0 spiro atoms. The monoisotopic (exact) mass is 392 g/mol. The molecule has 27 heavy (non-hydrogen) atoms. The fourth-order valence-electron chi connectivity index (χ4n) is 2.54. The fourth-order valence-corrected chi connectivity index (χ4v) is 3.56. The molecular formula is C19H24N2O5S. The van der Waals surface area contributed by atoms with Crippen molar-refractivity contribution >= 4 is 15.9 Å². The zero-order valence-corrected chi connectivity index (χ0v) is 16.6. The molecule has 0 radical (unpaired) electrons. The lowest BCUT2D eigenvalue weighted by atomic mass is 10.0. The van der Waals surface area contributed by atoms with Crippen molar-refractivity contribution in [3.05, 3.63) is 59.7 Å². The van der Waals surface area contributed by atoms with Gasteiger partial charge in [0.2, 0.25) is 0 Å². The number of nitrogens with zero attached hydrogens (tertiary/aromatic N) is 1. The topological polar surface area (TPSA) is 84.9 Å². The van der Waals surface area contributed by atoms with Crippen LogP contribution in [0.25, 0.3) is 0 Å². The van der Waals surface area contributed by atoms with E-state index in [0.717, 1.165) is 15.8 Å². The summed E-state index contributed by atoms with van der Waals surface area (Å²) in [4.78, 5) is 17.4. The van der Waals surface area contributed by atoms with Gasteiger partial charge in [-0.3, -0.25) is 9.63 Å². The number of carbonyl (C=O) groups is 1. The van der Waals surface area contributed by atoms with Gasteiger partial charge >= 0.3 is 0 Å². The van der Waals surface area contributed by atoms with Gasteiger partial charge in [0.05, 0.1) is 25.2 Å². The molecule has 1 unspecified atom stereocenters. The summed E-state index contributed by atoms with van der Waals surface area (Å²) in [6.07, 6.45) is 0.683. The second-order valence-corrected chi connectivity index (χ2v) is 7.77. The van der Waals surface area contributed by atoms with Gasteiger partial charge in [0, 0.05) is 12.6 Å². The predicted octanol–water partition coefficient (Wildman–Crippen LogP) is 2.76. The number of sulfonamides is 1. The van der Waals surface area contributed by atoms with Crippen LogP contribution in [-0.2, 0) is 14.9 Å². The normalized spacial score (nSPS) is 12.6. The lowest BCUT2D eigenvalue weighted by Gasteiger charge is -2.18. The molecule has 0 aliphatic rings. The van der Waals surface area contributed by atoms with Gasteiger partial charge in [-0.1, -0.05) is 29.6 Å². The number of methoxy groups -OCH3 is 1. The van der Waals surface area contributed by atoms with Crippen LogP contribution in [0.3, 0.4) is 0 Å². The van der Waals surface area contributed by atoms with Crippen LogP contribution >= 0.6 is 0 Å². The lowest BCUT2D eigenvalue weighted by Crippen LogP contribution is -2.29. The molecule has 1 N–H and O–H groups in total. The van der Waals surface area contributed by atoms with E-state index in [-0.39, 0.29) is 22.4 Å². The lowest BCUT2D eigenvalue weighted by molar-refractivity contribution is -0.0258. The Morgan fingerprint density at radius 1 is 1.15 bits per heavy atom. The predicted molar refractivity (Wildman–Crippen MR) is 102 cm³/mol. The minimum Gasteiger partial charge on any atom is -0.497 e. The van der Waals surface area contributed by atoms with Crippen LogP contribution in [0, 0.1) is 0 Å². The highest BCUT2D eigenvalue weighted by Gasteiger charge is 2.22. The SMILES string of the molecule is CCC(NC(=O)c1cccc(S(=O)(=O)N(C)OC)c1)c1ccc(OC)cc1. The third-order valence-electron chi connectivity index (χ3n) is 4.22. The molecule has 1 amide bonds. The van der Waals surface area contributed by atoms with E-state index in [0.29, 0.717) is 6.42 Å². The molecule has 2 aromatic rings. The Bertz CT molecular complexity index is 881. The Balaban J connectivity index is 2.22. The first-order valence-electron chi connectivity index (χ1n) is 8.41. The average molecular weight is 392 g/mol. The molecule has 0 aliphatic heterocycles. The van der Waals surface area contributed by atoms with Gasteiger partial charge in [0.25, 0.3) is 15.9 Å². The number of amides is 1. The molecule has 0 heterocycles. The van der Waals surface area contributed by atoms with Gasteiger partial charge in [-0.2, -0.15) is 0 Å². The van der Waals surface area contributed by atoms with E-state index in [4.69, 9.17) is 9.57 Å². The van der Waals surface area contributed by atoms with Crippen molar-refractivity contribution in [1.82, 2.24) is 9.79 Å². The molecule has 0 saturated heterocycles. The Kier molecular flexibility index (Phi) is 6.95. The molecular weight excluding hydrogens is 368 g/mol. The highest BCUT2D eigenvalue weighted by Crippen LogP contribution is 2.21. The third-order valence-corrected chi connectivity index (χ3v) is 5.90. The van der Waals surface area contributed by atoms with Crippen LogP contribution in [0.4, 0.5) is 0 Å². The van der Waals surface area contributed by atoms with Gasteiger partial charge in [0.1, 0.15) is 5.75 Å². The first kappa shape index (κ1) is 20.9. The molecule has 7 nitrogen and oxygen atoms in total. The molecule has 0 aliphatic carbocycles. The smallest absolute Gasteiger partial charge is 0.264 e. The number of hydroxylamine groups is 1. The molecule has 0 saturated carbocycles. The summed E-state index contributed by atoms with van der Waals surface area (Å²) in [7, 11) is 0.321. The van der Waals surface area contributed by atoms with Crippen LogP contribution < -0.4 is 10.1 Å². The Hall–Kier alpha value is -2.42. The van der Waals surface area contributed by atoms with Crippen molar-refractivity contribution in [2.75, 3.05) is 21.3 Å². The quantitative estimate of drug-likeness (QED) is 0.698. The molecule has 0 aromatic heterocycles. The zero-order chi connectivity index (χ0) is 20.0. The summed E-state index contributed by atoms with van der Waals surface area (Å²) in [5.74, 6) is 0.384. The Morgan fingerprint density at radius 3 is 2.37 bits per heavy atom. The van der Waals surface area contributed by atoms with Crippen molar-refractivity contribution in [2.45, 2.75) is 24.3 Å². The first-order valence-corrected chi connectivity index (χ1v) is 9.85. The van der Waals surface area contributed by atoms with Gasteiger partial charge < -0.3 is 10.1 Å². The number of ether oxygens (including phenoxy) is 1. The number of hydrogen-bond donors (Lipinski definition) is 1. The number of rotatable bonds is 8. The van der Waals surface area contributed by atoms with E-state index in [1.165, 1.54) is 32.4 Å². The maximum Gasteiger partial charge on any atom is 0.264 e. The summed E-state index contributed by atoms with van der Waals surface area (Å²) in [6, 6.07) is 13.1. The molecule has 2 aromatic carbocycles. The highest BCUT2D eigenvalue weighted by atomic mass is 32.2. The number of benzene rings is 2. The maximum atomic E-state index is 12.7. The Morgan fingerprint density at radius 2 is 1.81 bits per heavy atom. The summed E-state index contributed by atoms with van der Waals surface area (Å²) >= 11 is 0. The van der Waals surface area contributed by atoms with Crippen LogP contribution in [-0.4, -0.2) is 40.1 Å². The van der Waals surface area contributed by atoms with E-state index in [9.17, 15) is 13.2 Å². The van der Waals surface area contributed by atoms with Crippen LogP contribution in [0.5, 0.6) is 5.75 Å². The highest BCUT2D eigenvalue weighted by molar-refractivity contribution is 7.89. The molecule has 0 fully saturated rings. The third kappa shape index (κ3) is 4.85. The molecule has 8 heteroatoms. The van der Waals surface area contributed by atoms with Gasteiger partial charge in [-0.15, -0.1) is 0 Å². The van der Waals surface area contributed by atoms with E-state index < -0.39 is 10.0 Å². The summed E-state index contributed by atoms with van der Waals surface area (Å²) < 4.78 is 30.6. The van der Waals surface area contributed by atoms with Crippen molar-refractivity contribution in [3.63, 3.8) is 0 Å². The molecule has 1 atom stereocenters. The van der Waals surface area contributed by atoms with Crippen molar-refractivity contribution in [2.24, 2.45) is 0 Å². The van der Waals surface area contributed by atoms with Crippen LogP contribution in [0.1, 0.15) is 35.3 Å². The average Bonchev–Trinajstić information content (AvgIpc) is 2.71. The number of carbonyl (C=O) groups excluding carboxylic acids is 1. The summed E-state index contributed by atoms with van der Waals surface area (Å²) in [6.45, 7) is 1.96. The van der Waals surface area contributed by atoms with E-state index in [1.807, 2.05) is 31.2 Å². The minimum absolute atomic E-state index is 0.0167. The second-order valence-electron chi connectivity index (χ2n) is 5.83. The van der Waals surface area contributed by atoms with Crippen molar-refractivity contribution in [1.29, 1.82) is 0 Å². The zero-order valence-electron chi connectivity index (χ0n) is 15.8. The molecule has 146 valence electrons. The van der Waals surface area contributed by atoms with Crippen molar-refractivity contribution in [3.8, 4) is 5.75 Å². The number of hydrogen-bond acceptors (Lipinski definition) is 5.